The van der Waals surface area contributed by atoms with Gasteiger partial charge in [0.15, 0.2) is 0 Å². The molecular formula is C9H7IS. The van der Waals surface area contributed by atoms with Gasteiger partial charge in [-0.15, -0.1) is 11.3 Å². The lowest BCUT2D eigenvalue weighted by Gasteiger charge is -1.93. The molecule has 0 amide bonds. The Kier molecular flexibility index (Phi) is 2.13. The molecule has 2 aromatic rings. The standard InChI is InChI=1S/C9H7IS/c10-6-7-1-2-9-8(5-7)3-4-11-9/h1-5H,6H2. The minimum Gasteiger partial charge on any atom is -0.144 e. The number of thiophene rings is 1. The molecule has 1 aromatic heterocycles. The van der Waals surface area contributed by atoms with E-state index < -0.39 is 0 Å². The topological polar surface area (TPSA) is 0 Å². The molecule has 0 bridgehead atoms. The minimum absolute atomic E-state index is 1.10. The molecule has 0 spiro atoms. The van der Waals surface area contributed by atoms with Crippen LogP contribution >= 0.6 is 33.9 Å². The van der Waals surface area contributed by atoms with Crippen LogP contribution in [0.3, 0.4) is 0 Å². The number of halogens is 1. The Balaban J connectivity index is 2.67. The van der Waals surface area contributed by atoms with Gasteiger partial charge in [0.1, 0.15) is 0 Å². The Morgan fingerprint density at radius 1 is 1.27 bits per heavy atom. The molecule has 0 saturated carbocycles. The summed E-state index contributed by atoms with van der Waals surface area (Å²) in [5.74, 6) is 0. The van der Waals surface area contributed by atoms with Crippen molar-refractivity contribution in [3.05, 3.63) is 35.2 Å². The highest BCUT2D eigenvalue weighted by atomic mass is 127. The lowest BCUT2D eigenvalue weighted by molar-refractivity contribution is 1.49. The molecule has 0 aliphatic heterocycles. The Hall–Kier alpha value is -0.0900. The number of hydrogen-bond acceptors (Lipinski definition) is 1. The summed E-state index contributed by atoms with van der Waals surface area (Å²) >= 11 is 4.19. The molecule has 0 radical (unpaired) electrons. The number of rotatable bonds is 1. The van der Waals surface area contributed by atoms with Crippen LogP contribution in [0.4, 0.5) is 0 Å². The number of alkyl halides is 1. The molecule has 0 aliphatic rings. The molecule has 56 valence electrons. The number of fused-ring (bicyclic) bond motifs is 1. The zero-order valence-electron chi connectivity index (χ0n) is 5.88. The molecule has 0 unspecified atom stereocenters. The Morgan fingerprint density at radius 3 is 3.00 bits per heavy atom. The molecule has 0 fully saturated rings. The molecule has 2 rings (SSSR count). The van der Waals surface area contributed by atoms with Crippen molar-refractivity contribution in [3.8, 4) is 0 Å². The molecule has 0 nitrogen and oxygen atoms in total. The van der Waals surface area contributed by atoms with Crippen LogP contribution in [-0.2, 0) is 4.43 Å². The Bertz CT molecular complexity index is 364. The van der Waals surface area contributed by atoms with Gasteiger partial charge < -0.3 is 0 Å². The van der Waals surface area contributed by atoms with Crippen LogP contribution in [0.5, 0.6) is 0 Å². The van der Waals surface area contributed by atoms with Crippen LogP contribution in [0, 0.1) is 0 Å². The molecule has 0 saturated heterocycles. The van der Waals surface area contributed by atoms with Gasteiger partial charge >= 0.3 is 0 Å². The van der Waals surface area contributed by atoms with Gasteiger partial charge in [-0.3, -0.25) is 0 Å². The van der Waals surface area contributed by atoms with Gasteiger partial charge in [-0.1, -0.05) is 28.7 Å². The van der Waals surface area contributed by atoms with E-state index in [1.807, 2.05) is 0 Å². The van der Waals surface area contributed by atoms with Crippen LogP contribution in [0.1, 0.15) is 5.56 Å². The predicted molar refractivity (Wildman–Crippen MR) is 59.5 cm³/mol. The highest BCUT2D eigenvalue weighted by molar-refractivity contribution is 14.1. The van der Waals surface area contributed by atoms with Gasteiger partial charge in [-0.2, -0.15) is 0 Å². The first-order valence-corrected chi connectivity index (χ1v) is 5.83. The largest absolute Gasteiger partial charge is 0.144 e. The quantitative estimate of drug-likeness (QED) is 0.547. The van der Waals surface area contributed by atoms with Gasteiger partial charge in [0.25, 0.3) is 0 Å². The molecule has 0 atom stereocenters. The maximum absolute atomic E-state index is 2.39. The van der Waals surface area contributed by atoms with E-state index >= 15 is 0 Å². The molecule has 0 aliphatic carbocycles. The van der Waals surface area contributed by atoms with Gasteiger partial charge in [-0.05, 0) is 34.5 Å². The summed E-state index contributed by atoms with van der Waals surface area (Å²) in [5, 5.41) is 3.52. The Morgan fingerprint density at radius 2 is 2.18 bits per heavy atom. The van der Waals surface area contributed by atoms with E-state index in [4.69, 9.17) is 0 Å². The summed E-state index contributed by atoms with van der Waals surface area (Å²) in [7, 11) is 0. The van der Waals surface area contributed by atoms with Gasteiger partial charge in [-0.25, -0.2) is 0 Å². The van der Waals surface area contributed by atoms with Crippen molar-refractivity contribution in [1.29, 1.82) is 0 Å². The fraction of sp³-hybridized carbons (Fsp3) is 0.111. The third-order valence-electron chi connectivity index (χ3n) is 1.67. The van der Waals surface area contributed by atoms with Crippen molar-refractivity contribution < 1.29 is 0 Å². The van der Waals surface area contributed by atoms with E-state index in [0.29, 0.717) is 0 Å². The van der Waals surface area contributed by atoms with Crippen molar-refractivity contribution in [2.24, 2.45) is 0 Å². The van der Waals surface area contributed by atoms with Crippen LogP contribution in [-0.4, -0.2) is 0 Å². The summed E-state index contributed by atoms with van der Waals surface area (Å²) in [6.45, 7) is 0. The first-order valence-electron chi connectivity index (χ1n) is 3.42. The minimum atomic E-state index is 1.10. The number of hydrogen-bond donors (Lipinski definition) is 0. The third-order valence-corrected chi connectivity index (χ3v) is 3.45. The van der Waals surface area contributed by atoms with E-state index in [9.17, 15) is 0 Å². The maximum atomic E-state index is 2.39. The van der Waals surface area contributed by atoms with E-state index in [0.717, 1.165) is 4.43 Å². The molecule has 0 N–H and O–H groups in total. The van der Waals surface area contributed by atoms with E-state index in [2.05, 4.69) is 52.2 Å². The van der Waals surface area contributed by atoms with Crippen LogP contribution in [0.15, 0.2) is 29.6 Å². The average molecular weight is 274 g/mol. The molecule has 11 heavy (non-hydrogen) atoms. The SMILES string of the molecule is ICc1ccc2sccc2c1. The monoisotopic (exact) mass is 274 g/mol. The number of benzene rings is 1. The van der Waals surface area contributed by atoms with Crippen molar-refractivity contribution in [2.45, 2.75) is 4.43 Å². The summed E-state index contributed by atoms with van der Waals surface area (Å²) in [5.41, 5.74) is 1.41. The van der Waals surface area contributed by atoms with Crippen LogP contribution in [0.2, 0.25) is 0 Å². The van der Waals surface area contributed by atoms with E-state index in [1.165, 1.54) is 15.6 Å². The summed E-state index contributed by atoms with van der Waals surface area (Å²) in [6, 6.07) is 8.84. The predicted octanol–water partition coefficient (Wildman–Crippen LogP) is 3.84. The third kappa shape index (κ3) is 1.42. The fourth-order valence-corrected chi connectivity index (χ4v) is 2.34. The zero-order valence-corrected chi connectivity index (χ0v) is 8.85. The second kappa shape index (κ2) is 3.11. The van der Waals surface area contributed by atoms with Crippen molar-refractivity contribution >= 4 is 44.0 Å². The molecule has 2 heteroatoms. The first kappa shape index (κ1) is 7.55. The Labute approximate surface area is 83.4 Å². The maximum Gasteiger partial charge on any atom is 0.0342 e. The molecule has 1 aromatic carbocycles. The van der Waals surface area contributed by atoms with Gasteiger partial charge in [0, 0.05) is 9.13 Å². The van der Waals surface area contributed by atoms with E-state index in [-0.39, 0.29) is 0 Å². The second-order valence-electron chi connectivity index (χ2n) is 2.43. The normalized spacial score (nSPS) is 10.6. The van der Waals surface area contributed by atoms with Crippen LogP contribution in [0.25, 0.3) is 10.1 Å². The van der Waals surface area contributed by atoms with Crippen molar-refractivity contribution in [1.82, 2.24) is 0 Å². The summed E-state index contributed by atoms with van der Waals surface area (Å²) in [6.07, 6.45) is 0. The van der Waals surface area contributed by atoms with Gasteiger partial charge in [0.2, 0.25) is 0 Å². The summed E-state index contributed by atoms with van der Waals surface area (Å²) < 4.78 is 2.49. The fourth-order valence-electron chi connectivity index (χ4n) is 1.10. The summed E-state index contributed by atoms with van der Waals surface area (Å²) in [4.78, 5) is 0. The zero-order chi connectivity index (χ0) is 7.68. The smallest absolute Gasteiger partial charge is 0.0342 e. The van der Waals surface area contributed by atoms with Gasteiger partial charge in [0.05, 0.1) is 0 Å². The lowest BCUT2D eigenvalue weighted by atomic mass is 10.2. The first-order chi connectivity index (χ1) is 5.40. The second-order valence-corrected chi connectivity index (χ2v) is 4.14. The van der Waals surface area contributed by atoms with E-state index in [1.54, 1.807) is 11.3 Å². The average Bonchev–Trinajstić information content (AvgIpc) is 2.50. The lowest BCUT2D eigenvalue weighted by Crippen LogP contribution is -1.73. The van der Waals surface area contributed by atoms with Crippen molar-refractivity contribution in [2.75, 3.05) is 0 Å². The molecule has 1 heterocycles. The highest BCUT2D eigenvalue weighted by Crippen LogP contribution is 2.22. The van der Waals surface area contributed by atoms with Crippen molar-refractivity contribution in [3.63, 3.8) is 0 Å². The highest BCUT2D eigenvalue weighted by Gasteiger charge is 1.94. The molecular weight excluding hydrogens is 267 g/mol. The van der Waals surface area contributed by atoms with Crippen LogP contribution < -0.4 is 0 Å².